The lowest BCUT2D eigenvalue weighted by atomic mass is 10.1. The van der Waals surface area contributed by atoms with Gasteiger partial charge in [0.25, 0.3) is 11.8 Å². The minimum absolute atomic E-state index is 0.202. The summed E-state index contributed by atoms with van der Waals surface area (Å²) in [6.07, 6.45) is 1.92. The number of rotatable bonds is 13. The Hall–Kier alpha value is -3.02. The SMILES string of the molecule is CC(C)CCOc1cccc(C(=O)NCC(C)NC(=O)c2cccc(OCCC(C)C)c2)c1. The maximum Gasteiger partial charge on any atom is 0.251 e. The van der Waals surface area contributed by atoms with Crippen LogP contribution in [-0.2, 0) is 0 Å². The number of benzene rings is 2. The van der Waals surface area contributed by atoms with Gasteiger partial charge >= 0.3 is 0 Å². The minimum Gasteiger partial charge on any atom is -0.494 e. The first-order valence-corrected chi connectivity index (χ1v) is 11.8. The van der Waals surface area contributed by atoms with Gasteiger partial charge < -0.3 is 20.1 Å². The Morgan fingerprint density at radius 3 is 1.73 bits per heavy atom. The number of carbonyl (C=O) groups excluding carboxylic acids is 2. The Kier molecular flexibility index (Phi) is 10.7. The van der Waals surface area contributed by atoms with Crippen LogP contribution in [0.15, 0.2) is 48.5 Å². The topological polar surface area (TPSA) is 76.7 Å². The fourth-order valence-electron chi connectivity index (χ4n) is 2.99. The molecule has 0 radical (unpaired) electrons. The molecule has 2 amide bonds. The molecule has 1 atom stereocenters. The van der Waals surface area contributed by atoms with Crippen molar-refractivity contribution in [1.82, 2.24) is 10.6 Å². The molecule has 2 N–H and O–H groups in total. The second kappa shape index (κ2) is 13.5. The number of hydrogen-bond donors (Lipinski definition) is 2. The molecule has 0 aliphatic rings. The molecule has 0 heterocycles. The highest BCUT2D eigenvalue weighted by Gasteiger charge is 2.13. The number of hydrogen-bond acceptors (Lipinski definition) is 4. The van der Waals surface area contributed by atoms with E-state index in [2.05, 4.69) is 38.3 Å². The molecule has 0 aliphatic carbocycles. The molecular weight excluding hydrogens is 416 g/mol. The van der Waals surface area contributed by atoms with Gasteiger partial charge in [0.05, 0.1) is 13.2 Å². The summed E-state index contributed by atoms with van der Waals surface area (Å²) in [6.45, 7) is 12.0. The van der Waals surface area contributed by atoms with Crippen LogP contribution in [0.5, 0.6) is 11.5 Å². The van der Waals surface area contributed by atoms with Crippen LogP contribution < -0.4 is 20.1 Å². The molecule has 2 aromatic carbocycles. The van der Waals surface area contributed by atoms with Crippen LogP contribution in [0.3, 0.4) is 0 Å². The molecule has 0 fully saturated rings. The van der Waals surface area contributed by atoms with Crippen LogP contribution in [-0.4, -0.2) is 37.6 Å². The quantitative estimate of drug-likeness (QED) is 0.442. The van der Waals surface area contributed by atoms with E-state index in [4.69, 9.17) is 9.47 Å². The van der Waals surface area contributed by atoms with Gasteiger partial charge in [0.15, 0.2) is 0 Å². The first-order valence-electron chi connectivity index (χ1n) is 11.8. The van der Waals surface area contributed by atoms with Gasteiger partial charge in [0.1, 0.15) is 11.5 Å². The van der Waals surface area contributed by atoms with Gasteiger partial charge in [-0.2, -0.15) is 0 Å². The molecule has 33 heavy (non-hydrogen) atoms. The van der Waals surface area contributed by atoms with Gasteiger partial charge in [-0.25, -0.2) is 0 Å². The first kappa shape index (κ1) is 26.2. The second-order valence-corrected chi connectivity index (χ2v) is 9.20. The zero-order valence-corrected chi connectivity index (χ0v) is 20.5. The van der Waals surface area contributed by atoms with Gasteiger partial charge in [0, 0.05) is 23.7 Å². The molecule has 180 valence electrons. The van der Waals surface area contributed by atoms with Crippen molar-refractivity contribution in [2.24, 2.45) is 11.8 Å². The summed E-state index contributed by atoms with van der Waals surface area (Å²) in [5, 5.41) is 5.79. The van der Waals surface area contributed by atoms with Gasteiger partial charge in [-0.15, -0.1) is 0 Å². The molecule has 0 saturated carbocycles. The molecule has 0 aromatic heterocycles. The molecule has 0 aliphatic heterocycles. The van der Waals surface area contributed by atoms with E-state index in [0.717, 1.165) is 12.8 Å². The van der Waals surface area contributed by atoms with E-state index in [1.807, 2.05) is 25.1 Å². The van der Waals surface area contributed by atoms with E-state index in [1.54, 1.807) is 30.3 Å². The monoisotopic (exact) mass is 454 g/mol. The maximum atomic E-state index is 12.6. The van der Waals surface area contributed by atoms with E-state index in [-0.39, 0.29) is 17.9 Å². The molecule has 0 spiro atoms. The van der Waals surface area contributed by atoms with Crippen molar-refractivity contribution in [3.8, 4) is 11.5 Å². The highest BCUT2D eigenvalue weighted by molar-refractivity contribution is 5.95. The van der Waals surface area contributed by atoms with E-state index in [9.17, 15) is 9.59 Å². The van der Waals surface area contributed by atoms with Crippen molar-refractivity contribution >= 4 is 11.8 Å². The molecule has 6 heteroatoms. The molecule has 6 nitrogen and oxygen atoms in total. The van der Waals surface area contributed by atoms with Gasteiger partial charge in [-0.05, 0) is 68.0 Å². The van der Waals surface area contributed by atoms with Crippen LogP contribution in [0.25, 0.3) is 0 Å². The standard InChI is InChI=1S/C27H38N2O4/c1-19(2)12-14-32-24-10-6-8-22(16-24)26(30)28-18-21(5)29-27(31)23-9-7-11-25(17-23)33-15-13-20(3)4/h6-11,16-17,19-21H,12-15,18H2,1-5H3,(H,28,30)(H,29,31). The van der Waals surface area contributed by atoms with Crippen molar-refractivity contribution in [3.05, 3.63) is 59.7 Å². The van der Waals surface area contributed by atoms with E-state index in [1.165, 1.54) is 0 Å². The van der Waals surface area contributed by atoms with Gasteiger partial charge in [-0.1, -0.05) is 39.8 Å². The Balaban J connectivity index is 1.82. The highest BCUT2D eigenvalue weighted by atomic mass is 16.5. The summed E-state index contributed by atoms with van der Waals surface area (Å²) >= 11 is 0. The fourth-order valence-corrected chi connectivity index (χ4v) is 2.99. The maximum absolute atomic E-state index is 12.6. The summed E-state index contributed by atoms with van der Waals surface area (Å²) in [5.41, 5.74) is 1.06. The van der Waals surface area contributed by atoms with E-state index < -0.39 is 0 Å². The van der Waals surface area contributed by atoms with Crippen LogP contribution in [0.2, 0.25) is 0 Å². The van der Waals surface area contributed by atoms with Crippen molar-refractivity contribution in [3.63, 3.8) is 0 Å². The molecule has 2 aromatic rings. The number of amides is 2. The zero-order valence-electron chi connectivity index (χ0n) is 20.5. The van der Waals surface area contributed by atoms with Crippen LogP contribution in [0.1, 0.15) is 68.2 Å². The first-order chi connectivity index (χ1) is 15.7. The highest BCUT2D eigenvalue weighted by Crippen LogP contribution is 2.16. The predicted molar refractivity (Wildman–Crippen MR) is 132 cm³/mol. The lowest BCUT2D eigenvalue weighted by Crippen LogP contribution is -2.41. The van der Waals surface area contributed by atoms with Gasteiger partial charge in [0.2, 0.25) is 0 Å². The molecule has 0 bridgehead atoms. The van der Waals surface area contributed by atoms with Crippen molar-refractivity contribution in [2.75, 3.05) is 19.8 Å². The normalized spacial score (nSPS) is 11.8. The third-order valence-electron chi connectivity index (χ3n) is 5.07. The number of carbonyl (C=O) groups is 2. The van der Waals surface area contributed by atoms with Crippen molar-refractivity contribution in [2.45, 2.75) is 53.5 Å². The third-order valence-corrected chi connectivity index (χ3v) is 5.07. The molecule has 0 saturated heterocycles. The molecular formula is C27H38N2O4. The Morgan fingerprint density at radius 2 is 1.24 bits per heavy atom. The number of ether oxygens (including phenoxy) is 2. The Bertz CT molecular complexity index is 895. The minimum atomic E-state index is -0.238. The summed E-state index contributed by atoms with van der Waals surface area (Å²) in [4.78, 5) is 25.1. The van der Waals surface area contributed by atoms with Crippen molar-refractivity contribution < 1.29 is 19.1 Å². The molecule has 1 unspecified atom stereocenters. The van der Waals surface area contributed by atoms with Crippen molar-refractivity contribution in [1.29, 1.82) is 0 Å². The number of nitrogens with one attached hydrogen (secondary N) is 2. The van der Waals surface area contributed by atoms with Crippen LogP contribution >= 0.6 is 0 Å². The average molecular weight is 455 g/mol. The lowest BCUT2D eigenvalue weighted by Gasteiger charge is -2.16. The Morgan fingerprint density at radius 1 is 0.758 bits per heavy atom. The predicted octanol–water partition coefficient (Wildman–Crippen LogP) is 5.08. The second-order valence-electron chi connectivity index (χ2n) is 9.20. The van der Waals surface area contributed by atoms with E-state index >= 15 is 0 Å². The average Bonchev–Trinajstić information content (AvgIpc) is 2.77. The summed E-state index contributed by atoms with van der Waals surface area (Å²) in [5.74, 6) is 2.08. The summed E-state index contributed by atoms with van der Waals surface area (Å²) in [6, 6.07) is 14.1. The van der Waals surface area contributed by atoms with Crippen LogP contribution in [0, 0.1) is 11.8 Å². The fraction of sp³-hybridized carbons (Fsp3) is 0.481. The summed E-state index contributed by atoms with van der Waals surface area (Å²) < 4.78 is 11.5. The molecule has 2 rings (SSSR count). The smallest absolute Gasteiger partial charge is 0.251 e. The zero-order chi connectivity index (χ0) is 24.2. The largest absolute Gasteiger partial charge is 0.494 e. The van der Waals surface area contributed by atoms with Gasteiger partial charge in [-0.3, -0.25) is 9.59 Å². The third kappa shape index (κ3) is 9.98. The lowest BCUT2D eigenvalue weighted by molar-refractivity contribution is 0.0912. The van der Waals surface area contributed by atoms with E-state index in [0.29, 0.717) is 54.2 Å². The summed E-state index contributed by atoms with van der Waals surface area (Å²) in [7, 11) is 0. The Labute approximate surface area is 198 Å². The van der Waals surface area contributed by atoms with Crippen LogP contribution in [0.4, 0.5) is 0 Å².